The molecule has 72 valence electrons. The Labute approximate surface area is 74.7 Å². The normalized spacial score (nSPS) is 15.8. The van der Waals surface area contributed by atoms with Gasteiger partial charge in [0.15, 0.2) is 0 Å². The predicted octanol–water partition coefficient (Wildman–Crippen LogP) is 1.73. The molecule has 0 fully saturated rings. The Kier molecular flexibility index (Phi) is 4.07. The molecule has 2 amide bonds. The van der Waals surface area contributed by atoms with Crippen molar-refractivity contribution in [2.45, 2.75) is 34.1 Å². The number of nitrogens with one attached hydrogen (secondary N) is 1. The standard InChI is InChI=1S/C9H20N2O/c1-5-9(4,7(2)3)6-11-8(10)12/h7H,5-6H2,1-4H3,(H3,10,11,12). The summed E-state index contributed by atoms with van der Waals surface area (Å²) < 4.78 is 0. The zero-order valence-electron chi connectivity index (χ0n) is 8.48. The molecule has 0 spiro atoms. The van der Waals surface area contributed by atoms with Crippen LogP contribution < -0.4 is 11.1 Å². The van der Waals surface area contributed by atoms with Crippen LogP contribution in [-0.2, 0) is 0 Å². The van der Waals surface area contributed by atoms with Gasteiger partial charge in [-0.2, -0.15) is 0 Å². The van der Waals surface area contributed by atoms with Gasteiger partial charge in [-0.1, -0.05) is 27.7 Å². The van der Waals surface area contributed by atoms with E-state index in [9.17, 15) is 4.79 Å². The number of hydrogen-bond acceptors (Lipinski definition) is 1. The number of nitrogens with two attached hydrogens (primary N) is 1. The van der Waals surface area contributed by atoms with Gasteiger partial charge in [0.05, 0.1) is 0 Å². The van der Waals surface area contributed by atoms with Gasteiger partial charge in [0, 0.05) is 6.54 Å². The third-order valence-electron chi connectivity index (χ3n) is 2.87. The molecule has 0 aromatic rings. The van der Waals surface area contributed by atoms with Crippen molar-refractivity contribution in [3.05, 3.63) is 0 Å². The van der Waals surface area contributed by atoms with Crippen molar-refractivity contribution >= 4 is 6.03 Å². The van der Waals surface area contributed by atoms with Crippen molar-refractivity contribution in [1.29, 1.82) is 0 Å². The lowest BCUT2D eigenvalue weighted by molar-refractivity contribution is 0.196. The molecule has 1 atom stereocenters. The topological polar surface area (TPSA) is 55.1 Å². The van der Waals surface area contributed by atoms with Crippen molar-refractivity contribution in [1.82, 2.24) is 5.32 Å². The molecule has 0 aliphatic rings. The Morgan fingerprint density at radius 2 is 2.08 bits per heavy atom. The third-order valence-corrected chi connectivity index (χ3v) is 2.87. The molecule has 3 N–H and O–H groups in total. The molecule has 0 rings (SSSR count). The average Bonchev–Trinajstić information content (AvgIpc) is 1.99. The number of hydrogen-bond donors (Lipinski definition) is 2. The van der Waals surface area contributed by atoms with Crippen LogP contribution in [0.3, 0.4) is 0 Å². The molecular formula is C9H20N2O. The second kappa shape index (κ2) is 4.33. The van der Waals surface area contributed by atoms with Gasteiger partial charge in [0.2, 0.25) is 0 Å². The summed E-state index contributed by atoms with van der Waals surface area (Å²) in [6.45, 7) is 9.27. The fourth-order valence-electron chi connectivity index (χ4n) is 1.03. The van der Waals surface area contributed by atoms with Gasteiger partial charge in [-0.05, 0) is 17.8 Å². The van der Waals surface area contributed by atoms with Crippen LogP contribution in [0, 0.1) is 11.3 Å². The first-order chi connectivity index (χ1) is 5.42. The fraction of sp³-hybridized carbons (Fsp3) is 0.889. The first-order valence-corrected chi connectivity index (χ1v) is 4.45. The molecule has 0 saturated carbocycles. The van der Waals surface area contributed by atoms with Crippen LogP contribution in [0.25, 0.3) is 0 Å². The lowest BCUT2D eigenvalue weighted by Gasteiger charge is -2.32. The van der Waals surface area contributed by atoms with Gasteiger partial charge in [-0.15, -0.1) is 0 Å². The van der Waals surface area contributed by atoms with E-state index in [-0.39, 0.29) is 5.41 Å². The molecule has 3 nitrogen and oxygen atoms in total. The highest BCUT2D eigenvalue weighted by Gasteiger charge is 2.26. The van der Waals surface area contributed by atoms with E-state index in [1.165, 1.54) is 0 Å². The largest absolute Gasteiger partial charge is 0.352 e. The highest BCUT2D eigenvalue weighted by atomic mass is 16.2. The summed E-state index contributed by atoms with van der Waals surface area (Å²) in [7, 11) is 0. The summed E-state index contributed by atoms with van der Waals surface area (Å²) in [4.78, 5) is 10.5. The Balaban J connectivity index is 4.05. The maximum absolute atomic E-state index is 10.5. The summed E-state index contributed by atoms with van der Waals surface area (Å²) in [5.41, 5.74) is 5.17. The first kappa shape index (κ1) is 11.3. The molecule has 0 aromatic heterocycles. The summed E-state index contributed by atoms with van der Waals surface area (Å²) >= 11 is 0. The van der Waals surface area contributed by atoms with Crippen LogP contribution >= 0.6 is 0 Å². The Hall–Kier alpha value is -0.730. The molecule has 0 heterocycles. The third kappa shape index (κ3) is 3.11. The van der Waals surface area contributed by atoms with Gasteiger partial charge in [0.25, 0.3) is 0 Å². The lowest BCUT2D eigenvalue weighted by Crippen LogP contribution is -2.40. The van der Waals surface area contributed by atoms with Crippen LogP contribution in [-0.4, -0.2) is 12.6 Å². The number of rotatable bonds is 4. The highest BCUT2D eigenvalue weighted by Crippen LogP contribution is 2.29. The van der Waals surface area contributed by atoms with Gasteiger partial charge >= 0.3 is 6.03 Å². The summed E-state index contributed by atoms with van der Waals surface area (Å²) in [6.07, 6.45) is 1.05. The number of amides is 2. The Morgan fingerprint density at radius 1 is 1.58 bits per heavy atom. The second-order valence-electron chi connectivity index (χ2n) is 3.88. The van der Waals surface area contributed by atoms with Gasteiger partial charge < -0.3 is 11.1 Å². The predicted molar refractivity (Wildman–Crippen MR) is 50.8 cm³/mol. The van der Waals surface area contributed by atoms with Crippen molar-refractivity contribution in [2.75, 3.05) is 6.54 Å². The number of urea groups is 1. The van der Waals surface area contributed by atoms with Crippen LogP contribution in [0.5, 0.6) is 0 Å². The van der Waals surface area contributed by atoms with Crippen molar-refractivity contribution < 1.29 is 4.79 Å². The molecule has 0 saturated heterocycles. The smallest absolute Gasteiger partial charge is 0.312 e. The van der Waals surface area contributed by atoms with E-state index >= 15 is 0 Å². The molecule has 0 aliphatic heterocycles. The van der Waals surface area contributed by atoms with E-state index in [4.69, 9.17) is 5.73 Å². The van der Waals surface area contributed by atoms with Crippen LogP contribution in [0.4, 0.5) is 4.79 Å². The number of carbonyl (C=O) groups is 1. The molecule has 0 aromatic carbocycles. The fourth-order valence-corrected chi connectivity index (χ4v) is 1.03. The number of carbonyl (C=O) groups excluding carboxylic acids is 1. The molecule has 1 unspecified atom stereocenters. The quantitative estimate of drug-likeness (QED) is 0.666. The van der Waals surface area contributed by atoms with Crippen LogP contribution in [0.2, 0.25) is 0 Å². The summed E-state index contributed by atoms with van der Waals surface area (Å²) in [5, 5.41) is 2.66. The Bertz CT molecular complexity index is 157. The Morgan fingerprint density at radius 3 is 2.33 bits per heavy atom. The minimum atomic E-state index is -0.435. The van der Waals surface area contributed by atoms with E-state index in [1.54, 1.807) is 0 Å². The minimum absolute atomic E-state index is 0.162. The molecule has 12 heavy (non-hydrogen) atoms. The van der Waals surface area contributed by atoms with Gasteiger partial charge in [-0.25, -0.2) is 4.79 Å². The van der Waals surface area contributed by atoms with E-state index in [0.717, 1.165) is 6.42 Å². The van der Waals surface area contributed by atoms with Gasteiger partial charge in [0.1, 0.15) is 0 Å². The van der Waals surface area contributed by atoms with Crippen molar-refractivity contribution in [3.63, 3.8) is 0 Å². The summed E-state index contributed by atoms with van der Waals surface area (Å²) in [5.74, 6) is 0.550. The monoisotopic (exact) mass is 172 g/mol. The molecular weight excluding hydrogens is 152 g/mol. The zero-order valence-corrected chi connectivity index (χ0v) is 8.48. The van der Waals surface area contributed by atoms with Crippen molar-refractivity contribution in [2.24, 2.45) is 17.1 Å². The van der Waals surface area contributed by atoms with E-state index in [0.29, 0.717) is 12.5 Å². The van der Waals surface area contributed by atoms with Crippen LogP contribution in [0.15, 0.2) is 0 Å². The zero-order chi connectivity index (χ0) is 9.78. The molecule has 3 heteroatoms. The number of primary amides is 1. The highest BCUT2D eigenvalue weighted by molar-refractivity contribution is 5.71. The maximum atomic E-state index is 10.5. The van der Waals surface area contributed by atoms with Gasteiger partial charge in [-0.3, -0.25) is 0 Å². The maximum Gasteiger partial charge on any atom is 0.312 e. The van der Waals surface area contributed by atoms with E-state index in [2.05, 4.69) is 33.0 Å². The minimum Gasteiger partial charge on any atom is -0.352 e. The summed E-state index contributed by atoms with van der Waals surface area (Å²) in [6, 6.07) is -0.435. The van der Waals surface area contributed by atoms with E-state index < -0.39 is 6.03 Å². The SMILES string of the molecule is CCC(C)(CNC(N)=O)C(C)C. The first-order valence-electron chi connectivity index (χ1n) is 4.45. The van der Waals surface area contributed by atoms with Crippen LogP contribution in [0.1, 0.15) is 34.1 Å². The molecule has 0 bridgehead atoms. The lowest BCUT2D eigenvalue weighted by atomic mass is 9.77. The second-order valence-corrected chi connectivity index (χ2v) is 3.88. The average molecular weight is 172 g/mol. The van der Waals surface area contributed by atoms with Crippen molar-refractivity contribution in [3.8, 4) is 0 Å². The molecule has 0 radical (unpaired) electrons. The van der Waals surface area contributed by atoms with E-state index in [1.807, 2.05) is 0 Å². The molecule has 0 aliphatic carbocycles.